The second kappa shape index (κ2) is 4.68. The highest BCUT2D eigenvalue weighted by molar-refractivity contribution is 5.88. The average molecular weight is 260 g/mol. The lowest BCUT2D eigenvalue weighted by molar-refractivity contribution is -0.156. The molecule has 2 atom stereocenters. The molecule has 2 rings (SSSR count). The average Bonchev–Trinajstić information content (AvgIpc) is 2.68. The molecule has 19 heavy (non-hydrogen) atoms. The molecular formula is C15H20N2O2. The second-order valence-corrected chi connectivity index (χ2v) is 5.42. The van der Waals surface area contributed by atoms with Crippen molar-refractivity contribution in [1.82, 2.24) is 5.32 Å². The molecule has 1 heterocycles. The molecule has 0 unspecified atom stereocenters. The Labute approximate surface area is 113 Å². The van der Waals surface area contributed by atoms with E-state index in [-0.39, 0.29) is 12.1 Å². The van der Waals surface area contributed by atoms with Gasteiger partial charge in [-0.05, 0) is 33.3 Å². The number of carbonyl (C=O) groups is 1. The highest BCUT2D eigenvalue weighted by atomic mass is 16.5. The summed E-state index contributed by atoms with van der Waals surface area (Å²) in [6, 6.07) is 9.80. The van der Waals surface area contributed by atoms with Crippen molar-refractivity contribution in [2.24, 2.45) is 4.99 Å². The van der Waals surface area contributed by atoms with Gasteiger partial charge >= 0.3 is 5.97 Å². The van der Waals surface area contributed by atoms with E-state index < -0.39 is 11.1 Å². The lowest BCUT2D eigenvalue weighted by Crippen LogP contribution is -2.58. The third kappa shape index (κ3) is 2.11. The Morgan fingerprint density at radius 3 is 2.47 bits per heavy atom. The molecule has 1 aromatic rings. The molecule has 0 saturated heterocycles. The molecule has 1 aromatic carbocycles. The fraction of sp³-hybridized carbons (Fsp3) is 0.467. The highest BCUT2D eigenvalue weighted by Gasteiger charge is 2.55. The number of nitrogens with one attached hydrogen (secondary N) is 1. The second-order valence-electron chi connectivity index (χ2n) is 5.42. The van der Waals surface area contributed by atoms with Crippen molar-refractivity contribution in [2.75, 3.05) is 0 Å². The van der Waals surface area contributed by atoms with Gasteiger partial charge in [-0.3, -0.25) is 4.99 Å². The summed E-state index contributed by atoms with van der Waals surface area (Å²) in [5.41, 5.74) is -0.571. The first kappa shape index (κ1) is 13.6. The summed E-state index contributed by atoms with van der Waals surface area (Å²) in [5, 5.41) is 3.06. The Bertz CT molecular complexity index is 498. The highest BCUT2D eigenvalue weighted by Crippen LogP contribution is 2.40. The molecule has 4 heteroatoms. The van der Waals surface area contributed by atoms with E-state index in [1.165, 1.54) is 0 Å². The molecule has 1 aliphatic heterocycles. The van der Waals surface area contributed by atoms with Crippen molar-refractivity contribution < 1.29 is 9.53 Å². The van der Waals surface area contributed by atoms with Crippen LogP contribution < -0.4 is 5.32 Å². The first-order valence-electron chi connectivity index (χ1n) is 6.48. The zero-order valence-corrected chi connectivity index (χ0v) is 11.8. The van der Waals surface area contributed by atoms with Crippen molar-refractivity contribution in [2.45, 2.75) is 44.9 Å². The number of esters is 1. The maximum atomic E-state index is 12.4. The summed E-state index contributed by atoms with van der Waals surface area (Å²) in [6.45, 7) is 7.46. The van der Waals surface area contributed by atoms with Gasteiger partial charge in [-0.2, -0.15) is 0 Å². The summed E-state index contributed by atoms with van der Waals surface area (Å²) in [5.74, 6) is -0.286. The number of hydrogen-bond acceptors (Lipinski definition) is 4. The van der Waals surface area contributed by atoms with Crippen LogP contribution in [0.1, 0.15) is 33.3 Å². The summed E-state index contributed by atoms with van der Waals surface area (Å²) < 4.78 is 5.37. The van der Waals surface area contributed by atoms with Crippen LogP contribution in [0.3, 0.4) is 0 Å². The molecule has 0 saturated carbocycles. The van der Waals surface area contributed by atoms with Crippen LogP contribution in [0.5, 0.6) is 0 Å². The SMILES string of the molecule is CC(C)OC(=O)[C@]1(C)NC=N[C@@]1(C)c1ccccc1. The Morgan fingerprint density at radius 1 is 1.26 bits per heavy atom. The summed E-state index contributed by atoms with van der Waals surface area (Å²) in [4.78, 5) is 16.9. The van der Waals surface area contributed by atoms with Crippen molar-refractivity contribution >= 4 is 12.3 Å². The molecule has 1 N–H and O–H groups in total. The fourth-order valence-corrected chi connectivity index (χ4v) is 2.28. The van der Waals surface area contributed by atoms with Gasteiger partial charge < -0.3 is 10.1 Å². The molecule has 0 radical (unpaired) electrons. The normalized spacial score (nSPS) is 29.3. The van der Waals surface area contributed by atoms with E-state index >= 15 is 0 Å². The smallest absolute Gasteiger partial charge is 0.334 e. The van der Waals surface area contributed by atoms with Crippen LogP contribution >= 0.6 is 0 Å². The van der Waals surface area contributed by atoms with Crippen LogP contribution in [0.4, 0.5) is 0 Å². The Hall–Kier alpha value is -1.84. The minimum absolute atomic E-state index is 0.147. The van der Waals surface area contributed by atoms with E-state index in [4.69, 9.17) is 4.74 Å². The minimum Gasteiger partial charge on any atom is -0.461 e. The predicted octanol–water partition coefficient (Wildman–Crippen LogP) is 2.24. The van der Waals surface area contributed by atoms with Crippen molar-refractivity contribution in [3.05, 3.63) is 35.9 Å². The number of ether oxygens (including phenoxy) is 1. The third-order valence-electron chi connectivity index (χ3n) is 3.74. The van der Waals surface area contributed by atoms with E-state index in [9.17, 15) is 4.79 Å². The summed E-state index contributed by atoms with van der Waals surface area (Å²) >= 11 is 0. The van der Waals surface area contributed by atoms with E-state index in [0.29, 0.717) is 0 Å². The Balaban J connectivity index is 2.39. The first-order chi connectivity index (χ1) is 8.90. The van der Waals surface area contributed by atoms with Crippen LogP contribution in [0, 0.1) is 0 Å². The van der Waals surface area contributed by atoms with Crippen LogP contribution in [0.25, 0.3) is 0 Å². The molecule has 0 amide bonds. The molecule has 4 nitrogen and oxygen atoms in total. The van der Waals surface area contributed by atoms with Crippen molar-refractivity contribution in [1.29, 1.82) is 0 Å². The van der Waals surface area contributed by atoms with Gasteiger partial charge in [-0.15, -0.1) is 0 Å². The number of benzene rings is 1. The van der Waals surface area contributed by atoms with E-state index in [1.54, 1.807) is 6.34 Å². The summed E-state index contributed by atoms with van der Waals surface area (Å²) in [7, 11) is 0. The maximum Gasteiger partial charge on any atom is 0.334 e. The van der Waals surface area contributed by atoms with Crippen LogP contribution in [0.15, 0.2) is 35.3 Å². The van der Waals surface area contributed by atoms with Crippen molar-refractivity contribution in [3.8, 4) is 0 Å². The van der Waals surface area contributed by atoms with E-state index in [1.807, 2.05) is 58.0 Å². The van der Waals surface area contributed by atoms with Gasteiger partial charge in [-0.1, -0.05) is 30.3 Å². The number of hydrogen-bond donors (Lipinski definition) is 1. The zero-order chi connectivity index (χ0) is 14.1. The third-order valence-corrected chi connectivity index (χ3v) is 3.74. The van der Waals surface area contributed by atoms with Gasteiger partial charge in [0.2, 0.25) is 0 Å². The Kier molecular flexibility index (Phi) is 3.35. The first-order valence-corrected chi connectivity index (χ1v) is 6.48. The minimum atomic E-state index is -0.890. The van der Waals surface area contributed by atoms with Crippen LogP contribution in [-0.4, -0.2) is 24.0 Å². The monoisotopic (exact) mass is 260 g/mol. The molecule has 0 aliphatic carbocycles. The molecule has 0 bridgehead atoms. The zero-order valence-electron chi connectivity index (χ0n) is 11.8. The van der Waals surface area contributed by atoms with Gasteiger partial charge in [-0.25, -0.2) is 4.79 Å². The van der Waals surface area contributed by atoms with E-state index in [2.05, 4.69) is 10.3 Å². The predicted molar refractivity (Wildman–Crippen MR) is 75.1 cm³/mol. The molecule has 0 fully saturated rings. The number of rotatable bonds is 3. The van der Waals surface area contributed by atoms with Crippen LogP contribution in [0.2, 0.25) is 0 Å². The quantitative estimate of drug-likeness (QED) is 0.848. The molecule has 0 aromatic heterocycles. The van der Waals surface area contributed by atoms with Gasteiger partial charge in [0.1, 0.15) is 5.54 Å². The van der Waals surface area contributed by atoms with Gasteiger partial charge in [0.15, 0.2) is 5.54 Å². The lowest BCUT2D eigenvalue weighted by atomic mass is 9.76. The maximum absolute atomic E-state index is 12.4. The topological polar surface area (TPSA) is 50.7 Å². The van der Waals surface area contributed by atoms with Crippen LogP contribution in [-0.2, 0) is 15.1 Å². The van der Waals surface area contributed by atoms with E-state index in [0.717, 1.165) is 5.56 Å². The molecular weight excluding hydrogens is 240 g/mol. The van der Waals surface area contributed by atoms with Gasteiger partial charge in [0, 0.05) is 0 Å². The summed E-state index contributed by atoms with van der Waals surface area (Å²) in [6.07, 6.45) is 1.45. The fourth-order valence-electron chi connectivity index (χ4n) is 2.28. The number of nitrogens with zero attached hydrogens (tertiary/aromatic N) is 1. The largest absolute Gasteiger partial charge is 0.461 e. The van der Waals surface area contributed by atoms with Crippen molar-refractivity contribution in [3.63, 3.8) is 0 Å². The standard InChI is InChI=1S/C15H20N2O2/c1-11(2)19-13(18)15(4)14(3,16-10-17-15)12-8-6-5-7-9-12/h5-11H,1-4H3,(H,16,17)/t14-,15-/m0/s1. The number of carbonyl (C=O) groups excluding carboxylic acids is 1. The molecule has 1 aliphatic rings. The lowest BCUT2D eigenvalue weighted by Gasteiger charge is -2.37. The molecule has 102 valence electrons. The number of aliphatic imine (C=N–C) groups is 1. The molecule has 0 spiro atoms. The Morgan fingerprint density at radius 2 is 1.89 bits per heavy atom. The van der Waals surface area contributed by atoms with Gasteiger partial charge in [0.05, 0.1) is 12.4 Å². The van der Waals surface area contributed by atoms with Gasteiger partial charge in [0.25, 0.3) is 0 Å².